The molecule has 0 aromatic carbocycles. The number of aliphatic carboxylic acids is 2. The standard InChI is InChI=1S/C7H12O5/c1-3-4-12-7(2,5(8)9)6(10)11/h3-4H2,1-2H3,(H,8,9)(H,10,11). The normalized spacial score (nSPS) is 11.2. The van der Waals surface area contributed by atoms with Gasteiger partial charge in [-0.2, -0.15) is 0 Å². The van der Waals surface area contributed by atoms with E-state index in [0.29, 0.717) is 6.42 Å². The molecule has 0 spiro atoms. The van der Waals surface area contributed by atoms with Crippen molar-refractivity contribution in [3.63, 3.8) is 0 Å². The molecule has 0 amide bonds. The predicted molar refractivity (Wildman–Crippen MR) is 39.9 cm³/mol. The first-order valence-corrected chi connectivity index (χ1v) is 3.56. The van der Waals surface area contributed by atoms with Crippen LogP contribution in [-0.2, 0) is 14.3 Å². The monoisotopic (exact) mass is 176 g/mol. The lowest BCUT2D eigenvalue weighted by molar-refractivity contribution is -0.180. The molecule has 0 saturated carbocycles. The summed E-state index contributed by atoms with van der Waals surface area (Å²) in [5, 5.41) is 17.0. The van der Waals surface area contributed by atoms with Gasteiger partial charge < -0.3 is 14.9 Å². The third-order valence-electron chi connectivity index (χ3n) is 1.41. The minimum absolute atomic E-state index is 0.120. The minimum atomic E-state index is -2.12. The number of hydrogen-bond donors (Lipinski definition) is 2. The average Bonchev–Trinajstić information content (AvgIpc) is 1.99. The molecule has 0 aliphatic rings. The Balaban J connectivity index is 4.40. The summed E-state index contributed by atoms with van der Waals surface area (Å²) >= 11 is 0. The second-order valence-electron chi connectivity index (χ2n) is 2.49. The number of rotatable bonds is 5. The number of carboxylic acid groups (broad SMARTS) is 2. The van der Waals surface area contributed by atoms with Crippen LogP contribution in [0.3, 0.4) is 0 Å². The molecular weight excluding hydrogens is 164 g/mol. The lowest BCUT2D eigenvalue weighted by Crippen LogP contribution is -2.46. The van der Waals surface area contributed by atoms with Gasteiger partial charge in [-0.25, -0.2) is 9.59 Å². The van der Waals surface area contributed by atoms with Gasteiger partial charge in [0.2, 0.25) is 0 Å². The summed E-state index contributed by atoms with van der Waals surface area (Å²) in [6.07, 6.45) is 0.580. The van der Waals surface area contributed by atoms with Gasteiger partial charge in [0, 0.05) is 6.61 Å². The Labute approximate surface area is 70.0 Å². The van der Waals surface area contributed by atoms with E-state index in [0.717, 1.165) is 6.92 Å². The summed E-state index contributed by atoms with van der Waals surface area (Å²) in [6.45, 7) is 2.91. The number of carbonyl (C=O) groups is 2. The quantitative estimate of drug-likeness (QED) is 0.590. The highest BCUT2D eigenvalue weighted by Gasteiger charge is 2.42. The molecule has 0 atom stereocenters. The Kier molecular flexibility index (Phi) is 3.69. The Morgan fingerprint density at radius 3 is 2.00 bits per heavy atom. The van der Waals surface area contributed by atoms with Crippen LogP contribution in [0, 0.1) is 0 Å². The second-order valence-corrected chi connectivity index (χ2v) is 2.49. The number of carboxylic acids is 2. The molecule has 2 N–H and O–H groups in total. The smallest absolute Gasteiger partial charge is 0.347 e. The molecule has 0 radical (unpaired) electrons. The van der Waals surface area contributed by atoms with Gasteiger partial charge >= 0.3 is 11.9 Å². The Morgan fingerprint density at radius 1 is 1.33 bits per heavy atom. The molecular formula is C7H12O5. The Morgan fingerprint density at radius 2 is 1.75 bits per heavy atom. The van der Waals surface area contributed by atoms with E-state index in [1.54, 1.807) is 6.92 Å². The van der Waals surface area contributed by atoms with Gasteiger partial charge in [0.05, 0.1) is 0 Å². The van der Waals surface area contributed by atoms with Gasteiger partial charge in [-0.05, 0) is 13.3 Å². The second kappa shape index (κ2) is 4.06. The molecule has 0 aromatic heterocycles. The highest BCUT2D eigenvalue weighted by molar-refractivity contribution is 6.01. The molecule has 0 bridgehead atoms. The molecule has 70 valence electrons. The highest BCUT2D eigenvalue weighted by Crippen LogP contribution is 2.11. The minimum Gasteiger partial charge on any atom is -0.479 e. The van der Waals surface area contributed by atoms with E-state index in [9.17, 15) is 9.59 Å². The van der Waals surface area contributed by atoms with Gasteiger partial charge in [-0.3, -0.25) is 0 Å². The molecule has 0 aliphatic heterocycles. The molecule has 12 heavy (non-hydrogen) atoms. The van der Waals surface area contributed by atoms with E-state index in [4.69, 9.17) is 14.9 Å². The maximum Gasteiger partial charge on any atom is 0.347 e. The van der Waals surface area contributed by atoms with E-state index < -0.39 is 17.5 Å². The van der Waals surface area contributed by atoms with Crippen molar-refractivity contribution in [2.24, 2.45) is 0 Å². The largest absolute Gasteiger partial charge is 0.479 e. The van der Waals surface area contributed by atoms with E-state index in [2.05, 4.69) is 0 Å². The zero-order chi connectivity index (χ0) is 9.78. The molecule has 0 rings (SSSR count). The molecule has 0 saturated heterocycles. The van der Waals surface area contributed by atoms with Crippen molar-refractivity contribution in [2.45, 2.75) is 25.9 Å². The van der Waals surface area contributed by atoms with Crippen LogP contribution in [0.1, 0.15) is 20.3 Å². The van der Waals surface area contributed by atoms with Gasteiger partial charge in [0.25, 0.3) is 5.60 Å². The fraction of sp³-hybridized carbons (Fsp3) is 0.714. The maximum atomic E-state index is 10.5. The van der Waals surface area contributed by atoms with E-state index >= 15 is 0 Å². The van der Waals surface area contributed by atoms with Gasteiger partial charge in [-0.15, -0.1) is 0 Å². The van der Waals surface area contributed by atoms with E-state index in [1.807, 2.05) is 0 Å². The Bertz CT molecular complexity index is 172. The summed E-state index contributed by atoms with van der Waals surface area (Å²) < 4.78 is 4.70. The van der Waals surface area contributed by atoms with Crippen LogP contribution in [0.15, 0.2) is 0 Å². The zero-order valence-electron chi connectivity index (χ0n) is 7.03. The Hall–Kier alpha value is -1.10. The van der Waals surface area contributed by atoms with E-state index in [1.165, 1.54) is 0 Å². The lowest BCUT2D eigenvalue weighted by Gasteiger charge is -2.19. The van der Waals surface area contributed by atoms with Crippen LogP contribution < -0.4 is 0 Å². The summed E-state index contributed by atoms with van der Waals surface area (Å²) in [5.74, 6) is -2.97. The van der Waals surface area contributed by atoms with Crippen molar-refractivity contribution >= 4 is 11.9 Å². The summed E-state index contributed by atoms with van der Waals surface area (Å²) in [6, 6.07) is 0. The van der Waals surface area contributed by atoms with Crippen molar-refractivity contribution in [1.29, 1.82) is 0 Å². The first-order chi connectivity index (χ1) is 5.45. The fourth-order valence-electron chi connectivity index (χ4n) is 0.521. The zero-order valence-corrected chi connectivity index (χ0v) is 7.03. The van der Waals surface area contributed by atoms with Crippen molar-refractivity contribution < 1.29 is 24.5 Å². The molecule has 0 unspecified atom stereocenters. The van der Waals surface area contributed by atoms with Gasteiger partial charge in [0.15, 0.2) is 0 Å². The molecule has 0 heterocycles. The molecule has 0 fully saturated rings. The summed E-state index contributed by atoms with van der Waals surface area (Å²) in [7, 11) is 0. The van der Waals surface area contributed by atoms with Crippen molar-refractivity contribution in [3.05, 3.63) is 0 Å². The maximum absolute atomic E-state index is 10.5. The number of hydrogen-bond acceptors (Lipinski definition) is 3. The van der Waals surface area contributed by atoms with E-state index in [-0.39, 0.29) is 6.61 Å². The first-order valence-electron chi connectivity index (χ1n) is 3.56. The fourth-order valence-corrected chi connectivity index (χ4v) is 0.521. The summed E-state index contributed by atoms with van der Waals surface area (Å²) in [5.41, 5.74) is -2.12. The van der Waals surface area contributed by atoms with Crippen LogP contribution >= 0.6 is 0 Å². The molecule has 5 nitrogen and oxygen atoms in total. The lowest BCUT2D eigenvalue weighted by atomic mass is 10.1. The average molecular weight is 176 g/mol. The third kappa shape index (κ3) is 2.20. The molecule has 0 aromatic rings. The van der Waals surface area contributed by atoms with Crippen LogP contribution in [0.4, 0.5) is 0 Å². The van der Waals surface area contributed by atoms with Crippen LogP contribution in [0.25, 0.3) is 0 Å². The van der Waals surface area contributed by atoms with Crippen LogP contribution in [0.5, 0.6) is 0 Å². The van der Waals surface area contributed by atoms with Crippen LogP contribution in [-0.4, -0.2) is 34.4 Å². The van der Waals surface area contributed by atoms with Crippen molar-refractivity contribution in [1.82, 2.24) is 0 Å². The van der Waals surface area contributed by atoms with Gasteiger partial charge in [-0.1, -0.05) is 6.92 Å². The van der Waals surface area contributed by atoms with Crippen molar-refractivity contribution in [2.75, 3.05) is 6.61 Å². The first kappa shape index (κ1) is 10.9. The summed E-state index contributed by atoms with van der Waals surface area (Å²) in [4.78, 5) is 20.9. The number of ether oxygens (including phenoxy) is 1. The van der Waals surface area contributed by atoms with Crippen LogP contribution in [0.2, 0.25) is 0 Å². The third-order valence-corrected chi connectivity index (χ3v) is 1.41. The molecule has 5 heteroatoms. The van der Waals surface area contributed by atoms with Crippen molar-refractivity contribution in [3.8, 4) is 0 Å². The topological polar surface area (TPSA) is 83.8 Å². The predicted octanol–water partition coefficient (Wildman–Crippen LogP) is 0.341. The SMILES string of the molecule is CCCOC(C)(C(=O)O)C(=O)O. The molecule has 0 aliphatic carbocycles. The van der Waals surface area contributed by atoms with Gasteiger partial charge in [0.1, 0.15) is 0 Å². The highest BCUT2D eigenvalue weighted by atomic mass is 16.5.